The number of hydrogen-bond acceptors (Lipinski definition) is 3. The second kappa shape index (κ2) is 7.34. The van der Waals surface area contributed by atoms with Gasteiger partial charge in [-0.3, -0.25) is 9.59 Å². The number of hydrogen-bond donors (Lipinski definition) is 2. The smallest absolute Gasteiger partial charge is 0.322 e. The minimum Gasteiger partial charge on any atom is -0.322 e. The maximum Gasteiger partial charge on any atom is 0.333 e. The highest BCUT2D eigenvalue weighted by Gasteiger charge is 2.17. The summed E-state index contributed by atoms with van der Waals surface area (Å²) in [5, 5.41) is 1.89. The summed E-state index contributed by atoms with van der Waals surface area (Å²) >= 11 is 11.2. The third-order valence-electron chi connectivity index (χ3n) is 3.56. The summed E-state index contributed by atoms with van der Waals surface area (Å²) in [5.74, 6) is -2.38. The predicted octanol–water partition coefficient (Wildman–Crippen LogP) is 3.36. The zero-order chi connectivity index (χ0) is 19.7. The first kappa shape index (κ1) is 18.8. The average molecular weight is 412 g/mol. The van der Waals surface area contributed by atoms with E-state index < -0.39 is 34.4 Å². The van der Waals surface area contributed by atoms with Crippen molar-refractivity contribution in [1.82, 2.24) is 9.55 Å². The first-order valence-corrected chi connectivity index (χ1v) is 8.10. The van der Waals surface area contributed by atoms with Crippen molar-refractivity contribution in [2.45, 2.75) is 0 Å². The molecule has 1 amide bonds. The summed E-state index contributed by atoms with van der Waals surface area (Å²) < 4.78 is 27.4. The van der Waals surface area contributed by atoms with Crippen molar-refractivity contribution < 1.29 is 13.6 Å². The number of carbonyl (C=O) groups excluding carboxylic acids is 1. The lowest BCUT2D eigenvalue weighted by Crippen LogP contribution is -2.38. The lowest BCUT2D eigenvalue weighted by molar-refractivity contribution is 0.102. The van der Waals surface area contributed by atoms with E-state index in [0.717, 1.165) is 30.5 Å². The predicted molar refractivity (Wildman–Crippen MR) is 97.0 cm³/mol. The first-order valence-electron chi connectivity index (χ1n) is 7.34. The second-order valence-electron chi connectivity index (χ2n) is 5.33. The fourth-order valence-corrected chi connectivity index (χ4v) is 2.56. The molecule has 0 aliphatic heterocycles. The van der Waals surface area contributed by atoms with Crippen LogP contribution in [0.4, 0.5) is 14.5 Å². The van der Waals surface area contributed by atoms with Crippen molar-refractivity contribution in [3.63, 3.8) is 0 Å². The molecule has 0 radical (unpaired) electrons. The van der Waals surface area contributed by atoms with Gasteiger partial charge in [0.25, 0.3) is 11.5 Å². The Kier molecular flexibility index (Phi) is 5.11. The van der Waals surface area contributed by atoms with Crippen LogP contribution >= 0.6 is 23.2 Å². The minimum atomic E-state index is -0.964. The molecule has 0 saturated carbocycles. The number of aromatic nitrogens is 2. The summed E-state index contributed by atoms with van der Waals surface area (Å²) in [6.45, 7) is 0. The van der Waals surface area contributed by atoms with Crippen LogP contribution in [-0.4, -0.2) is 15.5 Å². The van der Waals surface area contributed by atoms with E-state index in [1.165, 1.54) is 12.1 Å². The van der Waals surface area contributed by atoms with Crippen LogP contribution in [0.5, 0.6) is 0 Å². The number of benzene rings is 2. The van der Waals surface area contributed by atoms with Crippen LogP contribution in [0, 0.1) is 11.6 Å². The van der Waals surface area contributed by atoms with Gasteiger partial charge >= 0.3 is 5.69 Å². The van der Waals surface area contributed by atoms with Crippen molar-refractivity contribution in [3.8, 4) is 5.69 Å². The molecule has 10 heteroatoms. The summed E-state index contributed by atoms with van der Waals surface area (Å²) in [4.78, 5) is 39.2. The Morgan fingerprint density at radius 1 is 1.00 bits per heavy atom. The van der Waals surface area contributed by atoms with Gasteiger partial charge in [-0.15, -0.1) is 0 Å². The molecule has 2 aromatic carbocycles. The van der Waals surface area contributed by atoms with E-state index in [1.807, 2.05) is 0 Å². The number of H-pyrrole nitrogens is 1. The van der Waals surface area contributed by atoms with E-state index in [2.05, 4.69) is 10.3 Å². The van der Waals surface area contributed by atoms with Gasteiger partial charge in [0.2, 0.25) is 0 Å². The Hall–Kier alpha value is -2.97. The van der Waals surface area contributed by atoms with Crippen molar-refractivity contribution in [2.24, 2.45) is 0 Å². The van der Waals surface area contributed by atoms with E-state index >= 15 is 0 Å². The number of anilines is 1. The van der Waals surface area contributed by atoms with E-state index in [1.54, 1.807) is 0 Å². The molecule has 0 aliphatic carbocycles. The normalized spacial score (nSPS) is 10.7. The maximum absolute atomic E-state index is 13.5. The second-order valence-corrected chi connectivity index (χ2v) is 6.14. The quantitative estimate of drug-likeness (QED) is 0.692. The highest BCUT2D eigenvalue weighted by molar-refractivity contribution is 6.31. The molecule has 0 fully saturated rings. The number of rotatable bonds is 3. The monoisotopic (exact) mass is 411 g/mol. The third-order valence-corrected chi connectivity index (χ3v) is 4.16. The zero-order valence-corrected chi connectivity index (χ0v) is 14.7. The Balaban J connectivity index is 2.03. The van der Waals surface area contributed by atoms with Gasteiger partial charge in [0.15, 0.2) is 0 Å². The Labute approximate surface area is 160 Å². The molecule has 3 rings (SSSR count). The van der Waals surface area contributed by atoms with Crippen LogP contribution in [0.1, 0.15) is 10.4 Å². The minimum absolute atomic E-state index is 0.0279. The van der Waals surface area contributed by atoms with Crippen LogP contribution in [0.2, 0.25) is 10.0 Å². The molecular formula is C17H9Cl2F2N3O3. The fraction of sp³-hybridized carbons (Fsp3) is 0. The number of nitrogens with zero attached hydrogens (tertiary/aromatic N) is 1. The molecule has 0 spiro atoms. The summed E-state index contributed by atoms with van der Waals surface area (Å²) in [6, 6.07) is 6.76. The van der Waals surface area contributed by atoms with Crippen molar-refractivity contribution in [1.29, 1.82) is 0 Å². The molecule has 138 valence electrons. The lowest BCUT2D eigenvalue weighted by Gasteiger charge is -2.09. The van der Waals surface area contributed by atoms with Crippen LogP contribution in [0.15, 0.2) is 52.2 Å². The molecule has 1 heterocycles. The highest BCUT2D eigenvalue weighted by atomic mass is 35.5. The fourth-order valence-electron chi connectivity index (χ4n) is 2.27. The van der Waals surface area contributed by atoms with Crippen molar-refractivity contribution in [2.75, 3.05) is 5.32 Å². The zero-order valence-electron chi connectivity index (χ0n) is 13.2. The van der Waals surface area contributed by atoms with Gasteiger partial charge in [0.1, 0.15) is 17.2 Å². The molecule has 0 saturated heterocycles. The molecule has 6 nitrogen and oxygen atoms in total. The largest absolute Gasteiger partial charge is 0.333 e. The van der Waals surface area contributed by atoms with Gasteiger partial charge in [0, 0.05) is 11.9 Å². The molecular weight excluding hydrogens is 403 g/mol. The number of nitrogens with one attached hydrogen (secondary N) is 2. The molecule has 1 aromatic heterocycles. The van der Waals surface area contributed by atoms with E-state index in [0.29, 0.717) is 4.57 Å². The molecule has 27 heavy (non-hydrogen) atoms. The van der Waals surface area contributed by atoms with Crippen LogP contribution in [0.25, 0.3) is 5.69 Å². The topological polar surface area (TPSA) is 84.0 Å². The maximum atomic E-state index is 13.5. The van der Waals surface area contributed by atoms with Crippen LogP contribution in [-0.2, 0) is 0 Å². The molecule has 2 N–H and O–H groups in total. The van der Waals surface area contributed by atoms with Gasteiger partial charge in [-0.2, -0.15) is 0 Å². The van der Waals surface area contributed by atoms with Gasteiger partial charge < -0.3 is 10.3 Å². The summed E-state index contributed by atoms with van der Waals surface area (Å²) in [7, 11) is 0. The molecule has 0 atom stereocenters. The summed E-state index contributed by atoms with van der Waals surface area (Å²) in [5.41, 5.74) is -2.21. The van der Waals surface area contributed by atoms with Gasteiger partial charge in [-0.05, 0) is 36.4 Å². The van der Waals surface area contributed by atoms with Gasteiger partial charge in [-0.25, -0.2) is 18.1 Å². The van der Waals surface area contributed by atoms with Crippen molar-refractivity contribution in [3.05, 3.63) is 90.7 Å². The van der Waals surface area contributed by atoms with Gasteiger partial charge in [-0.1, -0.05) is 23.2 Å². The first-order chi connectivity index (χ1) is 12.8. The Bertz CT molecular complexity index is 1170. The molecule has 3 aromatic rings. The SMILES string of the molecule is O=C(Nc1ccc(Cl)c(F)c1)c1c[nH]c(=O)n(-c2ccc(F)c(Cl)c2)c1=O. The van der Waals surface area contributed by atoms with Crippen LogP contribution < -0.4 is 16.6 Å². The molecule has 0 aliphatic rings. The lowest BCUT2D eigenvalue weighted by atomic mass is 10.2. The Morgan fingerprint density at radius 2 is 1.74 bits per heavy atom. The van der Waals surface area contributed by atoms with E-state index in [-0.39, 0.29) is 21.4 Å². The average Bonchev–Trinajstić information content (AvgIpc) is 2.61. The number of halogens is 4. The number of aromatic amines is 1. The standard InChI is InChI=1S/C17H9Cl2F2N3O3/c18-11-3-1-8(5-14(11)21)23-15(25)10-7-22-17(27)24(16(10)26)9-2-4-13(20)12(19)6-9/h1-7H,(H,22,27)(H,23,25). The van der Waals surface area contributed by atoms with Gasteiger partial charge in [0.05, 0.1) is 15.7 Å². The number of amides is 1. The molecule has 0 bridgehead atoms. The molecule has 0 unspecified atom stereocenters. The Morgan fingerprint density at radius 3 is 2.41 bits per heavy atom. The van der Waals surface area contributed by atoms with E-state index in [4.69, 9.17) is 23.2 Å². The van der Waals surface area contributed by atoms with E-state index in [9.17, 15) is 23.2 Å². The van der Waals surface area contributed by atoms with Crippen LogP contribution in [0.3, 0.4) is 0 Å². The third kappa shape index (κ3) is 3.76. The highest BCUT2D eigenvalue weighted by Crippen LogP contribution is 2.19. The summed E-state index contributed by atoms with van der Waals surface area (Å²) in [6.07, 6.45) is 0.925. The number of carbonyl (C=O) groups is 1. The van der Waals surface area contributed by atoms with Crippen molar-refractivity contribution >= 4 is 34.8 Å².